The molecule has 1 saturated carbocycles. The summed E-state index contributed by atoms with van der Waals surface area (Å²) in [4.78, 5) is 25.1. The predicted molar refractivity (Wildman–Crippen MR) is 71.9 cm³/mol. The van der Waals surface area contributed by atoms with Gasteiger partial charge >= 0.3 is 12.0 Å². The maximum absolute atomic E-state index is 12.1. The number of carboxylic acids is 1. The van der Waals surface area contributed by atoms with Gasteiger partial charge < -0.3 is 15.3 Å². The van der Waals surface area contributed by atoms with Gasteiger partial charge in [-0.05, 0) is 38.5 Å². The number of piperidine rings is 1. The molecule has 2 fully saturated rings. The summed E-state index contributed by atoms with van der Waals surface area (Å²) < 4.78 is 0. The molecule has 1 saturated heterocycles. The number of hydrogen-bond donors (Lipinski definition) is 2. The lowest BCUT2D eigenvalue weighted by molar-refractivity contribution is -0.150. The number of carbonyl (C=O) groups is 2. The Labute approximate surface area is 114 Å². The number of nitrogens with one attached hydrogen (secondary N) is 1. The number of urea groups is 1. The minimum Gasteiger partial charge on any atom is -0.481 e. The summed E-state index contributed by atoms with van der Waals surface area (Å²) in [5, 5.41) is 12.3. The fraction of sp³-hybridized carbons (Fsp3) is 0.857. The van der Waals surface area contributed by atoms with Gasteiger partial charge in [0.05, 0.1) is 5.41 Å². The monoisotopic (exact) mass is 268 g/mol. The third kappa shape index (κ3) is 3.01. The Morgan fingerprint density at radius 2 is 1.89 bits per heavy atom. The molecule has 2 unspecified atom stereocenters. The van der Waals surface area contributed by atoms with E-state index in [1.165, 1.54) is 12.8 Å². The summed E-state index contributed by atoms with van der Waals surface area (Å²) in [6, 6.07) is 0.270. The van der Waals surface area contributed by atoms with Crippen LogP contribution in [0.25, 0.3) is 0 Å². The quantitative estimate of drug-likeness (QED) is 0.805. The van der Waals surface area contributed by atoms with Crippen LogP contribution in [0.15, 0.2) is 0 Å². The highest BCUT2D eigenvalue weighted by Gasteiger charge is 2.38. The number of nitrogens with zero attached hydrogens (tertiary/aromatic N) is 1. The molecule has 2 atom stereocenters. The van der Waals surface area contributed by atoms with E-state index < -0.39 is 11.4 Å². The Morgan fingerprint density at radius 1 is 1.26 bits per heavy atom. The molecule has 0 aromatic rings. The molecule has 2 N–H and O–H groups in total. The molecule has 2 amide bonds. The van der Waals surface area contributed by atoms with Gasteiger partial charge in [0.2, 0.25) is 0 Å². The Bertz CT molecular complexity index is 362. The van der Waals surface area contributed by atoms with Gasteiger partial charge in [-0.3, -0.25) is 4.79 Å². The van der Waals surface area contributed by atoms with Crippen LogP contribution in [0.5, 0.6) is 0 Å². The average molecular weight is 268 g/mol. The van der Waals surface area contributed by atoms with Crippen molar-refractivity contribution in [3.8, 4) is 0 Å². The van der Waals surface area contributed by atoms with Crippen LogP contribution >= 0.6 is 0 Å². The molecule has 2 aliphatic rings. The SMILES string of the molecule is CC1CCCC1NC(=O)N1CCC(C)(C(=O)O)CC1. The summed E-state index contributed by atoms with van der Waals surface area (Å²) in [5.41, 5.74) is -0.669. The maximum atomic E-state index is 12.1. The van der Waals surface area contributed by atoms with Crippen LogP contribution in [0.1, 0.15) is 46.0 Å². The van der Waals surface area contributed by atoms with Gasteiger partial charge in [0.1, 0.15) is 0 Å². The Hall–Kier alpha value is -1.26. The van der Waals surface area contributed by atoms with Gasteiger partial charge in [-0.15, -0.1) is 0 Å². The van der Waals surface area contributed by atoms with Crippen molar-refractivity contribution >= 4 is 12.0 Å². The molecule has 0 aromatic carbocycles. The Balaban J connectivity index is 1.84. The molecule has 0 radical (unpaired) electrons. The van der Waals surface area contributed by atoms with Crippen LogP contribution in [0.4, 0.5) is 4.79 Å². The molecule has 108 valence electrons. The first-order valence-electron chi connectivity index (χ1n) is 7.21. The van der Waals surface area contributed by atoms with Crippen molar-refractivity contribution < 1.29 is 14.7 Å². The minimum atomic E-state index is -0.753. The summed E-state index contributed by atoms with van der Waals surface area (Å²) in [7, 11) is 0. The van der Waals surface area contributed by atoms with Crippen molar-refractivity contribution in [2.75, 3.05) is 13.1 Å². The standard InChI is InChI=1S/C14H24N2O3/c1-10-4-3-5-11(10)15-13(19)16-8-6-14(2,7-9-16)12(17)18/h10-11H,3-9H2,1-2H3,(H,15,19)(H,17,18). The molecular weight excluding hydrogens is 244 g/mol. The lowest BCUT2D eigenvalue weighted by Crippen LogP contribution is -2.51. The van der Waals surface area contributed by atoms with E-state index in [1.54, 1.807) is 11.8 Å². The highest BCUT2D eigenvalue weighted by molar-refractivity contribution is 5.77. The maximum Gasteiger partial charge on any atom is 0.317 e. The van der Waals surface area contributed by atoms with E-state index in [4.69, 9.17) is 5.11 Å². The summed E-state index contributed by atoms with van der Waals surface area (Å²) in [6.45, 7) is 5.02. The van der Waals surface area contributed by atoms with Crippen LogP contribution in [0, 0.1) is 11.3 Å². The largest absolute Gasteiger partial charge is 0.481 e. The number of rotatable bonds is 2. The molecule has 1 heterocycles. The minimum absolute atomic E-state index is 0.0220. The van der Waals surface area contributed by atoms with Crippen LogP contribution in [-0.2, 0) is 4.79 Å². The fourth-order valence-corrected chi connectivity index (χ4v) is 3.03. The summed E-state index contributed by atoms with van der Waals surface area (Å²) >= 11 is 0. The van der Waals surface area contributed by atoms with E-state index in [1.807, 2.05) is 0 Å². The highest BCUT2D eigenvalue weighted by Crippen LogP contribution is 2.31. The van der Waals surface area contributed by atoms with Crippen molar-refractivity contribution in [2.45, 2.75) is 52.0 Å². The van der Waals surface area contributed by atoms with E-state index in [0.29, 0.717) is 37.9 Å². The second kappa shape index (κ2) is 5.39. The highest BCUT2D eigenvalue weighted by atomic mass is 16.4. The van der Waals surface area contributed by atoms with Gasteiger partial charge in [0, 0.05) is 19.1 Å². The van der Waals surface area contributed by atoms with Gasteiger partial charge in [-0.2, -0.15) is 0 Å². The first kappa shape index (κ1) is 14.2. The van der Waals surface area contributed by atoms with Gasteiger partial charge in [-0.25, -0.2) is 4.79 Å². The molecule has 5 heteroatoms. The zero-order chi connectivity index (χ0) is 14.0. The molecule has 2 rings (SSSR count). The van der Waals surface area contributed by atoms with Gasteiger partial charge in [-0.1, -0.05) is 13.3 Å². The Morgan fingerprint density at radius 3 is 2.37 bits per heavy atom. The first-order valence-corrected chi connectivity index (χ1v) is 7.21. The van der Waals surface area contributed by atoms with Crippen LogP contribution < -0.4 is 5.32 Å². The zero-order valence-corrected chi connectivity index (χ0v) is 11.8. The van der Waals surface area contributed by atoms with E-state index in [2.05, 4.69) is 12.2 Å². The summed E-state index contributed by atoms with van der Waals surface area (Å²) in [6.07, 6.45) is 4.50. The number of aliphatic carboxylic acids is 1. The van der Waals surface area contributed by atoms with Gasteiger partial charge in [0.15, 0.2) is 0 Å². The van der Waals surface area contributed by atoms with E-state index >= 15 is 0 Å². The first-order chi connectivity index (χ1) is 8.92. The van der Waals surface area contributed by atoms with Crippen molar-refractivity contribution in [3.05, 3.63) is 0 Å². The van der Waals surface area contributed by atoms with E-state index in [0.717, 1.165) is 6.42 Å². The zero-order valence-electron chi connectivity index (χ0n) is 11.8. The number of likely N-dealkylation sites (tertiary alicyclic amines) is 1. The number of hydrogen-bond acceptors (Lipinski definition) is 2. The molecule has 0 bridgehead atoms. The topological polar surface area (TPSA) is 69.6 Å². The number of amides is 2. The average Bonchev–Trinajstić information content (AvgIpc) is 2.75. The second-order valence-electron chi connectivity index (χ2n) is 6.32. The summed E-state index contributed by atoms with van der Waals surface area (Å²) in [5.74, 6) is -0.199. The van der Waals surface area contributed by atoms with Crippen molar-refractivity contribution in [1.29, 1.82) is 0 Å². The third-order valence-electron chi connectivity index (χ3n) is 4.84. The third-order valence-corrected chi connectivity index (χ3v) is 4.84. The normalized spacial score (nSPS) is 30.1. The van der Waals surface area contributed by atoms with Gasteiger partial charge in [0.25, 0.3) is 0 Å². The molecule has 0 spiro atoms. The lowest BCUT2D eigenvalue weighted by atomic mass is 9.80. The Kier molecular flexibility index (Phi) is 4.02. The number of carbonyl (C=O) groups excluding carboxylic acids is 1. The molecule has 0 aromatic heterocycles. The predicted octanol–water partition coefficient (Wildman–Crippen LogP) is 2.07. The lowest BCUT2D eigenvalue weighted by Gasteiger charge is -2.37. The molecule has 1 aliphatic carbocycles. The molecular formula is C14H24N2O3. The van der Waals surface area contributed by atoms with Crippen LogP contribution in [0.3, 0.4) is 0 Å². The fourth-order valence-electron chi connectivity index (χ4n) is 3.03. The van der Waals surface area contributed by atoms with Crippen LogP contribution in [0.2, 0.25) is 0 Å². The van der Waals surface area contributed by atoms with E-state index in [9.17, 15) is 9.59 Å². The van der Waals surface area contributed by atoms with E-state index in [-0.39, 0.29) is 6.03 Å². The smallest absolute Gasteiger partial charge is 0.317 e. The van der Waals surface area contributed by atoms with Crippen molar-refractivity contribution in [3.63, 3.8) is 0 Å². The van der Waals surface area contributed by atoms with Crippen LogP contribution in [-0.4, -0.2) is 41.1 Å². The number of carboxylic acid groups (broad SMARTS) is 1. The van der Waals surface area contributed by atoms with Crippen molar-refractivity contribution in [1.82, 2.24) is 10.2 Å². The molecule has 19 heavy (non-hydrogen) atoms. The van der Waals surface area contributed by atoms with Crippen molar-refractivity contribution in [2.24, 2.45) is 11.3 Å². The second-order valence-corrected chi connectivity index (χ2v) is 6.32. The molecule has 1 aliphatic heterocycles. The molecule has 5 nitrogen and oxygen atoms in total.